The Labute approximate surface area is 153 Å². The third-order valence-electron chi connectivity index (χ3n) is 3.71. The number of halogens is 2. The number of anilines is 2. The van der Waals surface area contributed by atoms with Crippen LogP contribution in [0.2, 0.25) is 10.0 Å². The van der Waals surface area contributed by atoms with E-state index in [1.54, 1.807) is 25.1 Å². The SMILES string of the molecule is CC(C(=O)Nc1ccc(Cl)c(Cl)c1)C1Sc2ccccc2NC1=O. The Bertz CT molecular complexity index is 813. The zero-order valence-corrected chi connectivity index (χ0v) is 15.0. The molecule has 2 aromatic rings. The van der Waals surface area contributed by atoms with Crippen molar-refractivity contribution < 1.29 is 9.59 Å². The lowest BCUT2D eigenvalue weighted by molar-refractivity contribution is -0.123. The number of amides is 2. The molecule has 0 spiro atoms. The molecule has 0 bridgehead atoms. The molecule has 1 aliphatic rings. The van der Waals surface area contributed by atoms with E-state index in [1.165, 1.54) is 11.8 Å². The molecule has 7 heteroatoms. The summed E-state index contributed by atoms with van der Waals surface area (Å²) in [4.78, 5) is 25.7. The highest BCUT2D eigenvalue weighted by Crippen LogP contribution is 2.38. The summed E-state index contributed by atoms with van der Waals surface area (Å²) in [7, 11) is 0. The van der Waals surface area contributed by atoms with Crippen LogP contribution in [0.15, 0.2) is 47.4 Å². The fraction of sp³-hybridized carbons (Fsp3) is 0.176. The van der Waals surface area contributed by atoms with Crippen LogP contribution in [0.1, 0.15) is 6.92 Å². The monoisotopic (exact) mass is 380 g/mol. The number of fused-ring (bicyclic) bond motifs is 1. The number of thioether (sulfide) groups is 1. The van der Waals surface area contributed by atoms with Gasteiger partial charge in [-0.2, -0.15) is 0 Å². The first-order valence-electron chi connectivity index (χ1n) is 7.28. The lowest BCUT2D eigenvalue weighted by atomic mass is 10.1. The van der Waals surface area contributed by atoms with Crippen LogP contribution in [-0.4, -0.2) is 17.1 Å². The van der Waals surface area contributed by atoms with E-state index in [9.17, 15) is 9.59 Å². The maximum atomic E-state index is 12.5. The van der Waals surface area contributed by atoms with Crippen molar-refractivity contribution in [1.29, 1.82) is 0 Å². The summed E-state index contributed by atoms with van der Waals surface area (Å²) in [6, 6.07) is 12.4. The number of carbonyl (C=O) groups excluding carboxylic acids is 2. The molecule has 2 amide bonds. The molecule has 3 rings (SSSR count). The molecular formula is C17H14Cl2N2O2S. The predicted octanol–water partition coefficient (Wildman–Crippen LogP) is 4.68. The quantitative estimate of drug-likeness (QED) is 0.812. The van der Waals surface area contributed by atoms with Gasteiger partial charge in [0.05, 0.1) is 26.9 Å². The average Bonchev–Trinajstić information content (AvgIpc) is 2.57. The van der Waals surface area contributed by atoms with Gasteiger partial charge in [-0.05, 0) is 30.3 Å². The van der Waals surface area contributed by atoms with Crippen LogP contribution in [0.5, 0.6) is 0 Å². The molecule has 2 N–H and O–H groups in total. The van der Waals surface area contributed by atoms with Gasteiger partial charge in [-0.3, -0.25) is 9.59 Å². The normalized spacial score (nSPS) is 17.6. The number of carbonyl (C=O) groups is 2. The minimum atomic E-state index is -0.516. The number of nitrogens with one attached hydrogen (secondary N) is 2. The summed E-state index contributed by atoms with van der Waals surface area (Å²) >= 11 is 13.2. The zero-order chi connectivity index (χ0) is 17.3. The van der Waals surface area contributed by atoms with Crippen LogP contribution in [-0.2, 0) is 9.59 Å². The first-order valence-corrected chi connectivity index (χ1v) is 8.92. The largest absolute Gasteiger partial charge is 0.326 e. The van der Waals surface area contributed by atoms with Crippen LogP contribution < -0.4 is 10.6 Å². The molecule has 1 heterocycles. The van der Waals surface area contributed by atoms with Gasteiger partial charge in [0, 0.05) is 10.6 Å². The number of para-hydroxylation sites is 1. The maximum Gasteiger partial charge on any atom is 0.238 e. The zero-order valence-electron chi connectivity index (χ0n) is 12.7. The number of benzene rings is 2. The van der Waals surface area contributed by atoms with Gasteiger partial charge in [0.1, 0.15) is 0 Å². The fourth-order valence-electron chi connectivity index (χ4n) is 2.36. The van der Waals surface area contributed by atoms with Gasteiger partial charge < -0.3 is 10.6 Å². The highest BCUT2D eigenvalue weighted by molar-refractivity contribution is 8.01. The van der Waals surface area contributed by atoms with E-state index in [0.29, 0.717) is 15.7 Å². The highest BCUT2D eigenvalue weighted by atomic mass is 35.5. The van der Waals surface area contributed by atoms with E-state index in [-0.39, 0.29) is 11.8 Å². The van der Waals surface area contributed by atoms with Crippen molar-refractivity contribution in [2.45, 2.75) is 17.1 Å². The van der Waals surface area contributed by atoms with Crippen molar-refractivity contribution in [2.75, 3.05) is 10.6 Å². The van der Waals surface area contributed by atoms with E-state index in [0.717, 1.165) is 10.6 Å². The number of hydrogen-bond acceptors (Lipinski definition) is 3. The smallest absolute Gasteiger partial charge is 0.238 e. The van der Waals surface area contributed by atoms with E-state index < -0.39 is 11.2 Å². The van der Waals surface area contributed by atoms with Gasteiger partial charge in [-0.25, -0.2) is 0 Å². The molecule has 2 atom stereocenters. The predicted molar refractivity (Wildman–Crippen MR) is 99.0 cm³/mol. The van der Waals surface area contributed by atoms with Gasteiger partial charge in [-0.1, -0.05) is 42.3 Å². The summed E-state index contributed by atoms with van der Waals surface area (Å²) in [6.45, 7) is 1.73. The van der Waals surface area contributed by atoms with Crippen molar-refractivity contribution in [3.05, 3.63) is 52.5 Å². The third kappa shape index (κ3) is 3.53. The molecule has 24 heavy (non-hydrogen) atoms. The molecule has 0 saturated heterocycles. The average molecular weight is 381 g/mol. The summed E-state index contributed by atoms with van der Waals surface area (Å²) in [5.74, 6) is -0.936. The second-order valence-electron chi connectivity index (χ2n) is 5.43. The highest BCUT2D eigenvalue weighted by Gasteiger charge is 2.35. The van der Waals surface area contributed by atoms with Gasteiger partial charge >= 0.3 is 0 Å². The van der Waals surface area contributed by atoms with Crippen molar-refractivity contribution in [2.24, 2.45) is 5.92 Å². The van der Waals surface area contributed by atoms with E-state index in [2.05, 4.69) is 10.6 Å². The lowest BCUT2D eigenvalue weighted by Gasteiger charge is -2.27. The summed E-state index contributed by atoms with van der Waals surface area (Å²) < 4.78 is 0. The Hall–Kier alpha value is -1.69. The molecule has 124 valence electrons. The minimum absolute atomic E-state index is 0.171. The molecule has 2 aromatic carbocycles. The van der Waals surface area contributed by atoms with Crippen molar-refractivity contribution in [3.63, 3.8) is 0 Å². The molecule has 0 fully saturated rings. The van der Waals surface area contributed by atoms with E-state index in [1.807, 2.05) is 24.3 Å². The van der Waals surface area contributed by atoms with Crippen LogP contribution in [0.25, 0.3) is 0 Å². The van der Waals surface area contributed by atoms with Crippen molar-refractivity contribution in [3.8, 4) is 0 Å². The van der Waals surface area contributed by atoms with Crippen LogP contribution in [0.4, 0.5) is 11.4 Å². The first kappa shape index (κ1) is 17.1. The Balaban J connectivity index is 1.73. The molecular weight excluding hydrogens is 367 g/mol. The Morgan fingerprint density at radius 3 is 2.71 bits per heavy atom. The van der Waals surface area contributed by atoms with Gasteiger partial charge in [0.2, 0.25) is 11.8 Å². The van der Waals surface area contributed by atoms with Gasteiger partial charge in [-0.15, -0.1) is 11.8 Å². The summed E-state index contributed by atoms with van der Waals surface area (Å²) in [5, 5.41) is 5.91. The summed E-state index contributed by atoms with van der Waals surface area (Å²) in [6.07, 6.45) is 0. The van der Waals surface area contributed by atoms with Crippen molar-refractivity contribution in [1.82, 2.24) is 0 Å². The number of rotatable bonds is 3. The summed E-state index contributed by atoms with van der Waals surface area (Å²) in [5.41, 5.74) is 1.32. The first-order chi connectivity index (χ1) is 11.5. The van der Waals surface area contributed by atoms with E-state index in [4.69, 9.17) is 23.2 Å². The molecule has 2 unspecified atom stereocenters. The topological polar surface area (TPSA) is 58.2 Å². The van der Waals surface area contributed by atoms with E-state index >= 15 is 0 Å². The van der Waals surface area contributed by atoms with Gasteiger partial charge in [0.25, 0.3) is 0 Å². The molecule has 1 aliphatic heterocycles. The molecule has 0 radical (unpaired) electrons. The van der Waals surface area contributed by atoms with Crippen molar-refractivity contribution >= 4 is 58.2 Å². The van der Waals surface area contributed by atoms with Gasteiger partial charge in [0.15, 0.2) is 0 Å². The molecule has 4 nitrogen and oxygen atoms in total. The number of hydrogen-bond donors (Lipinski definition) is 2. The second-order valence-corrected chi connectivity index (χ2v) is 7.43. The minimum Gasteiger partial charge on any atom is -0.326 e. The van der Waals surface area contributed by atoms with Crippen LogP contribution in [0, 0.1) is 5.92 Å². The Morgan fingerprint density at radius 1 is 1.21 bits per heavy atom. The second kappa shape index (κ2) is 7.05. The van der Waals surface area contributed by atoms with Crippen LogP contribution in [0.3, 0.4) is 0 Å². The standard InChI is InChI=1S/C17H14Cl2N2O2S/c1-9(16(22)20-10-6-7-11(18)12(19)8-10)15-17(23)21-13-4-2-3-5-14(13)24-15/h2-9,15H,1H3,(H,20,22)(H,21,23). The fourth-order valence-corrected chi connectivity index (χ4v) is 3.83. The third-order valence-corrected chi connectivity index (χ3v) is 5.94. The maximum absolute atomic E-state index is 12.5. The molecule has 0 saturated carbocycles. The van der Waals surface area contributed by atoms with Crippen LogP contribution >= 0.6 is 35.0 Å². The lowest BCUT2D eigenvalue weighted by Crippen LogP contribution is -2.39. The Morgan fingerprint density at radius 2 is 1.96 bits per heavy atom. The molecule has 0 aliphatic carbocycles. The Kier molecular flexibility index (Phi) is 5.04. The molecule has 0 aromatic heterocycles.